The molecule has 0 aliphatic carbocycles. The summed E-state index contributed by atoms with van der Waals surface area (Å²) in [4.78, 5) is 14.8. The molecule has 2 aliphatic heterocycles. The summed E-state index contributed by atoms with van der Waals surface area (Å²) in [5, 5.41) is 0.510. The molecular weight excluding hydrogens is 354 g/mol. The highest BCUT2D eigenvalue weighted by molar-refractivity contribution is 8.26. The predicted octanol–water partition coefficient (Wildman–Crippen LogP) is 3.73. The summed E-state index contributed by atoms with van der Waals surface area (Å²) in [5.41, 5.74) is 0.841. The maximum Gasteiger partial charge on any atom is 0.266 e. The number of thiocarbonyl (C=S) groups is 1. The summed E-state index contributed by atoms with van der Waals surface area (Å²) < 4.78 is 11.3. The van der Waals surface area contributed by atoms with Crippen molar-refractivity contribution in [3.8, 4) is 5.75 Å². The monoisotopic (exact) mass is 369 g/mol. The fraction of sp³-hybridized carbons (Fsp3) is 0.375. The van der Waals surface area contributed by atoms with Gasteiger partial charge in [-0.15, -0.1) is 0 Å². The molecule has 1 aromatic rings. The Bertz CT molecular complexity index is 671. The van der Waals surface area contributed by atoms with E-state index in [4.69, 9.17) is 33.3 Å². The van der Waals surface area contributed by atoms with E-state index in [2.05, 4.69) is 0 Å². The zero-order valence-electron chi connectivity index (χ0n) is 12.6. The molecule has 2 fully saturated rings. The first-order valence-electron chi connectivity index (χ1n) is 7.29. The van der Waals surface area contributed by atoms with E-state index in [1.54, 1.807) is 30.2 Å². The van der Waals surface area contributed by atoms with Gasteiger partial charge in [-0.2, -0.15) is 0 Å². The molecule has 122 valence electrons. The quantitative estimate of drug-likeness (QED) is 0.597. The Morgan fingerprint density at radius 1 is 1.57 bits per heavy atom. The van der Waals surface area contributed by atoms with Crippen LogP contribution >= 0.6 is 35.6 Å². The third kappa shape index (κ3) is 3.71. The van der Waals surface area contributed by atoms with Crippen LogP contribution in [0.1, 0.15) is 18.4 Å². The van der Waals surface area contributed by atoms with E-state index in [0.29, 0.717) is 26.5 Å². The molecule has 1 amide bonds. The standard InChI is InChI=1S/C16H16ClNO3S2/c1-20-13-5-4-10(7-12(13)17)8-14-15(19)18(16(22)23-14)9-11-3-2-6-21-11/h4-5,7-8,11H,2-3,6,9H2,1H3/b14-8-/t11-/m1/s1. The molecule has 2 saturated heterocycles. The summed E-state index contributed by atoms with van der Waals surface area (Å²) in [6.45, 7) is 1.30. The summed E-state index contributed by atoms with van der Waals surface area (Å²) >= 11 is 12.8. The van der Waals surface area contributed by atoms with Crippen LogP contribution in [0.4, 0.5) is 0 Å². The van der Waals surface area contributed by atoms with Gasteiger partial charge < -0.3 is 9.47 Å². The van der Waals surface area contributed by atoms with Crippen LogP contribution in [0.15, 0.2) is 23.1 Å². The third-order valence-corrected chi connectivity index (χ3v) is 5.43. The average Bonchev–Trinajstić information content (AvgIpc) is 3.12. The van der Waals surface area contributed by atoms with Crippen molar-refractivity contribution in [3.05, 3.63) is 33.7 Å². The molecule has 2 heterocycles. The first-order valence-corrected chi connectivity index (χ1v) is 8.89. The van der Waals surface area contributed by atoms with Crippen molar-refractivity contribution in [2.45, 2.75) is 18.9 Å². The van der Waals surface area contributed by atoms with Crippen molar-refractivity contribution in [2.75, 3.05) is 20.3 Å². The number of benzene rings is 1. The van der Waals surface area contributed by atoms with Crippen LogP contribution in [-0.4, -0.2) is 41.5 Å². The number of carbonyl (C=O) groups excluding carboxylic acids is 1. The van der Waals surface area contributed by atoms with Crippen LogP contribution in [0, 0.1) is 0 Å². The number of thioether (sulfide) groups is 1. The Kier molecular flexibility index (Phi) is 5.26. The fourth-order valence-electron chi connectivity index (χ4n) is 2.57. The van der Waals surface area contributed by atoms with Crippen LogP contribution in [0.5, 0.6) is 5.75 Å². The van der Waals surface area contributed by atoms with Crippen molar-refractivity contribution in [1.29, 1.82) is 0 Å². The van der Waals surface area contributed by atoms with E-state index in [1.807, 2.05) is 6.07 Å². The maximum atomic E-state index is 12.6. The molecule has 4 nitrogen and oxygen atoms in total. The lowest BCUT2D eigenvalue weighted by Gasteiger charge is -2.18. The highest BCUT2D eigenvalue weighted by Crippen LogP contribution is 2.34. The SMILES string of the molecule is COc1ccc(/C=C2\SC(=S)N(C[C@H]3CCCO3)C2=O)cc1Cl. The molecule has 0 N–H and O–H groups in total. The normalized spacial score (nSPS) is 23.1. The Morgan fingerprint density at radius 2 is 2.39 bits per heavy atom. The fourth-order valence-corrected chi connectivity index (χ4v) is 4.11. The van der Waals surface area contributed by atoms with E-state index in [9.17, 15) is 4.79 Å². The summed E-state index contributed by atoms with van der Waals surface area (Å²) in [6, 6.07) is 5.41. The van der Waals surface area contributed by atoms with Gasteiger partial charge in [0.05, 0.1) is 29.7 Å². The second-order valence-corrected chi connectivity index (χ2v) is 7.40. The first-order chi connectivity index (χ1) is 11.1. The minimum Gasteiger partial charge on any atom is -0.495 e. The van der Waals surface area contributed by atoms with E-state index in [-0.39, 0.29) is 12.0 Å². The predicted molar refractivity (Wildman–Crippen MR) is 96.9 cm³/mol. The van der Waals surface area contributed by atoms with Crippen LogP contribution in [0.3, 0.4) is 0 Å². The van der Waals surface area contributed by atoms with Gasteiger partial charge in [-0.1, -0.05) is 41.6 Å². The van der Waals surface area contributed by atoms with E-state index in [0.717, 1.165) is 25.0 Å². The molecular formula is C16H16ClNO3S2. The molecule has 0 radical (unpaired) electrons. The lowest BCUT2D eigenvalue weighted by molar-refractivity contribution is -0.123. The van der Waals surface area contributed by atoms with Gasteiger partial charge in [0, 0.05) is 6.61 Å². The number of hydrogen-bond acceptors (Lipinski definition) is 5. The molecule has 0 bridgehead atoms. The van der Waals surface area contributed by atoms with E-state index < -0.39 is 0 Å². The molecule has 7 heteroatoms. The number of ether oxygens (including phenoxy) is 2. The highest BCUT2D eigenvalue weighted by Gasteiger charge is 2.34. The zero-order valence-corrected chi connectivity index (χ0v) is 15.0. The van der Waals surface area contributed by atoms with Gasteiger partial charge in [0.1, 0.15) is 10.1 Å². The Hall–Kier alpha value is -1.08. The van der Waals surface area contributed by atoms with Gasteiger partial charge in [0.2, 0.25) is 0 Å². The van der Waals surface area contributed by atoms with Crippen molar-refractivity contribution < 1.29 is 14.3 Å². The van der Waals surface area contributed by atoms with E-state index in [1.165, 1.54) is 11.8 Å². The van der Waals surface area contributed by atoms with Crippen LogP contribution in [-0.2, 0) is 9.53 Å². The molecule has 0 spiro atoms. The van der Waals surface area contributed by atoms with Crippen molar-refractivity contribution in [3.63, 3.8) is 0 Å². The summed E-state index contributed by atoms with van der Waals surface area (Å²) in [5.74, 6) is 0.539. The zero-order chi connectivity index (χ0) is 16.4. The topological polar surface area (TPSA) is 38.8 Å². The molecule has 2 aliphatic rings. The van der Waals surface area contributed by atoms with Gasteiger partial charge in [-0.3, -0.25) is 9.69 Å². The smallest absolute Gasteiger partial charge is 0.266 e. The van der Waals surface area contributed by atoms with Crippen LogP contribution < -0.4 is 4.74 Å². The maximum absolute atomic E-state index is 12.6. The average molecular weight is 370 g/mol. The number of methoxy groups -OCH3 is 1. The van der Waals surface area contributed by atoms with Crippen molar-refractivity contribution >= 4 is 51.9 Å². The Morgan fingerprint density at radius 3 is 3.04 bits per heavy atom. The van der Waals surface area contributed by atoms with Crippen LogP contribution in [0.25, 0.3) is 6.08 Å². The lowest BCUT2D eigenvalue weighted by atomic mass is 10.2. The molecule has 0 unspecified atom stereocenters. The summed E-state index contributed by atoms with van der Waals surface area (Å²) in [6.07, 6.45) is 3.91. The number of halogens is 1. The Labute approximate surface area is 149 Å². The number of rotatable bonds is 4. The second-order valence-electron chi connectivity index (χ2n) is 5.32. The molecule has 23 heavy (non-hydrogen) atoms. The molecule has 0 aromatic heterocycles. The highest BCUT2D eigenvalue weighted by atomic mass is 35.5. The van der Waals surface area contributed by atoms with Gasteiger partial charge in [0.25, 0.3) is 5.91 Å². The Balaban J connectivity index is 1.76. The second kappa shape index (κ2) is 7.21. The van der Waals surface area contributed by atoms with Crippen molar-refractivity contribution in [2.24, 2.45) is 0 Å². The lowest BCUT2D eigenvalue weighted by Crippen LogP contribution is -2.35. The third-order valence-electron chi connectivity index (χ3n) is 3.76. The number of hydrogen-bond donors (Lipinski definition) is 0. The number of amides is 1. The molecule has 3 rings (SSSR count). The number of nitrogens with zero attached hydrogens (tertiary/aromatic N) is 1. The minimum absolute atomic E-state index is 0.0672. The molecule has 0 saturated carbocycles. The largest absolute Gasteiger partial charge is 0.495 e. The number of carbonyl (C=O) groups is 1. The van der Waals surface area contributed by atoms with Gasteiger partial charge in [-0.25, -0.2) is 0 Å². The van der Waals surface area contributed by atoms with Gasteiger partial charge in [0.15, 0.2) is 0 Å². The van der Waals surface area contributed by atoms with Crippen LogP contribution in [0.2, 0.25) is 5.02 Å². The van der Waals surface area contributed by atoms with Gasteiger partial charge >= 0.3 is 0 Å². The molecule has 1 aromatic carbocycles. The molecule has 1 atom stereocenters. The summed E-state index contributed by atoms with van der Waals surface area (Å²) in [7, 11) is 1.57. The van der Waals surface area contributed by atoms with Crippen molar-refractivity contribution in [1.82, 2.24) is 4.90 Å². The van der Waals surface area contributed by atoms with E-state index >= 15 is 0 Å². The first kappa shape index (κ1) is 16.8. The minimum atomic E-state index is -0.0672. The van der Waals surface area contributed by atoms with Gasteiger partial charge in [-0.05, 0) is 36.6 Å².